The van der Waals surface area contributed by atoms with Crippen LogP contribution in [-0.2, 0) is 4.74 Å². The van der Waals surface area contributed by atoms with Crippen LogP contribution in [0.2, 0.25) is 0 Å². The Morgan fingerprint density at radius 3 is 2.89 bits per heavy atom. The molecule has 0 radical (unpaired) electrons. The molecule has 4 heteroatoms. The van der Waals surface area contributed by atoms with E-state index in [-0.39, 0.29) is 18.8 Å². The third kappa shape index (κ3) is 3.08. The fourth-order valence-corrected chi connectivity index (χ4v) is 2.55. The molecular weight excluding hydrogens is 240 g/mol. The maximum atomic E-state index is 9.29. The molecule has 3 N–H and O–H groups in total. The molecule has 1 aromatic carbocycles. The van der Waals surface area contributed by atoms with Crippen LogP contribution in [0.5, 0.6) is 0 Å². The number of anilines is 1. The van der Waals surface area contributed by atoms with Gasteiger partial charge in [-0.25, -0.2) is 0 Å². The maximum absolute atomic E-state index is 9.29. The second-order valence-electron chi connectivity index (χ2n) is 5.21. The molecule has 19 heavy (non-hydrogen) atoms. The molecule has 1 fully saturated rings. The molecule has 2 rings (SSSR count). The molecule has 0 saturated carbocycles. The summed E-state index contributed by atoms with van der Waals surface area (Å²) in [5.74, 6) is 0. The molecule has 2 unspecified atom stereocenters. The monoisotopic (exact) mass is 264 g/mol. The van der Waals surface area contributed by atoms with Crippen LogP contribution in [-0.4, -0.2) is 37.0 Å². The minimum absolute atomic E-state index is 0.0545. The van der Waals surface area contributed by atoms with Crippen molar-refractivity contribution in [3.63, 3.8) is 0 Å². The van der Waals surface area contributed by atoms with E-state index < -0.39 is 0 Å². The second-order valence-corrected chi connectivity index (χ2v) is 5.21. The van der Waals surface area contributed by atoms with Crippen molar-refractivity contribution in [2.24, 2.45) is 5.73 Å². The molecule has 1 heterocycles. The predicted molar refractivity (Wildman–Crippen MR) is 77.3 cm³/mol. The van der Waals surface area contributed by atoms with Crippen LogP contribution in [0.4, 0.5) is 5.69 Å². The van der Waals surface area contributed by atoms with E-state index in [1.165, 1.54) is 11.3 Å². The van der Waals surface area contributed by atoms with E-state index in [0.717, 1.165) is 6.42 Å². The average Bonchev–Trinajstić information content (AvgIpc) is 2.47. The highest BCUT2D eigenvalue weighted by atomic mass is 16.5. The number of aliphatic hydroxyl groups is 1. The quantitative estimate of drug-likeness (QED) is 0.868. The lowest BCUT2D eigenvalue weighted by Crippen LogP contribution is -2.50. The highest BCUT2D eigenvalue weighted by molar-refractivity contribution is 5.56. The second kappa shape index (κ2) is 6.37. The Kier molecular flexibility index (Phi) is 4.80. The molecule has 1 aliphatic rings. The molecule has 0 spiro atoms. The first-order valence-corrected chi connectivity index (χ1v) is 7.01. The minimum atomic E-state index is -0.109. The van der Waals surface area contributed by atoms with E-state index in [4.69, 9.17) is 10.5 Å². The van der Waals surface area contributed by atoms with E-state index in [9.17, 15) is 5.11 Å². The van der Waals surface area contributed by atoms with Crippen LogP contribution >= 0.6 is 0 Å². The van der Waals surface area contributed by atoms with Crippen molar-refractivity contribution in [3.05, 3.63) is 29.8 Å². The van der Waals surface area contributed by atoms with Crippen molar-refractivity contribution in [1.29, 1.82) is 0 Å². The molecule has 1 saturated heterocycles. The van der Waals surface area contributed by atoms with Gasteiger partial charge in [-0.2, -0.15) is 0 Å². The molecular formula is C15H24N2O2. The zero-order valence-corrected chi connectivity index (χ0v) is 11.7. The van der Waals surface area contributed by atoms with Crippen LogP contribution in [0.15, 0.2) is 24.3 Å². The molecule has 1 aromatic rings. The van der Waals surface area contributed by atoms with Gasteiger partial charge in [0.1, 0.15) is 0 Å². The van der Waals surface area contributed by atoms with Gasteiger partial charge in [-0.15, -0.1) is 0 Å². The molecule has 1 aliphatic heterocycles. The molecule has 3 atom stereocenters. The van der Waals surface area contributed by atoms with Gasteiger partial charge >= 0.3 is 0 Å². The molecule has 0 bridgehead atoms. The third-order valence-electron chi connectivity index (χ3n) is 3.79. The van der Waals surface area contributed by atoms with Crippen LogP contribution in [0, 0.1) is 0 Å². The molecule has 4 nitrogen and oxygen atoms in total. The Balaban J connectivity index is 2.29. The SMILES string of the molecule is CC[C@@H](N)c1ccccc1N1CC(CO)OCC1C. The molecule has 0 amide bonds. The van der Waals surface area contributed by atoms with Gasteiger partial charge in [-0.05, 0) is 25.0 Å². The zero-order chi connectivity index (χ0) is 13.8. The summed E-state index contributed by atoms with van der Waals surface area (Å²) in [5.41, 5.74) is 8.56. The summed E-state index contributed by atoms with van der Waals surface area (Å²) in [5, 5.41) is 9.29. The number of hydrogen-bond donors (Lipinski definition) is 2. The van der Waals surface area contributed by atoms with E-state index >= 15 is 0 Å². The Labute approximate surface area is 115 Å². The van der Waals surface area contributed by atoms with Gasteiger partial charge in [-0.1, -0.05) is 25.1 Å². The van der Waals surface area contributed by atoms with Crippen molar-refractivity contribution >= 4 is 5.69 Å². The predicted octanol–water partition coefficient (Wildman–Crippen LogP) is 1.68. The third-order valence-corrected chi connectivity index (χ3v) is 3.79. The number of benzene rings is 1. The number of ether oxygens (including phenoxy) is 1. The topological polar surface area (TPSA) is 58.7 Å². The smallest absolute Gasteiger partial charge is 0.0981 e. The van der Waals surface area contributed by atoms with Crippen molar-refractivity contribution in [2.45, 2.75) is 38.5 Å². The van der Waals surface area contributed by atoms with Gasteiger partial charge in [0.15, 0.2) is 0 Å². The van der Waals surface area contributed by atoms with Gasteiger partial charge < -0.3 is 20.5 Å². The Bertz CT molecular complexity index is 411. The first kappa shape index (κ1) is 14.3. The van der Waals surface area contributed by atoms with Crippen molar-refractivity contribution < 1.29 is 9.84 Å². The van der Waals surface area contributed by atoms with E-state index in [1.807, 2.05) is 12.1 Å². The Hall–Kier alpha value is -1.10. The molecule has 0 aromatic heterocycles. The number of hydrogen-bond acceptors (Lipinski definition) is 4. The van der Waals surface area contributed by atoms with Crippen LogP contribution in [0.25, 0.3) is 0 Å². The highest BCUT2D eigenvalue weighted by Crippen LogP contribution is 2.30. The maximum Gasteiger partial charge on any atom is 0.0981 e. The fraction of sp³-hybridized carbons (Fsp3) is 0.600. The van der Waals surface area contributed by atoms with Crippen molar-refractivity contribution in [1.82, 2.24) is 0 Å². The summed E-state index contributed by atoms with van der Waals surface area (Å²) in [6.45, 7) is 5.65. The van der Waals surface area contributed by atoms with E-state index in [0.29, 0.717) is 19.2 Å². The average molecular weight is 264 g/mol. The van der Waals surface area contributed by atoms with Gasteiger partial charge in [0.25, 0.3) is 0 Å². The van der Waals surface area contributed by atoms with Crippen LogP contribution < -0.4 is 10.6 Å². The first-order valence-electron chi connectivity index (χ1n) is 7.01. The summed E-state index contributed by atoms with van der Waals surface area (Å²) in [6.07, 6.45) is 0.807. The summed E-state index contributed by atoms with van der Waals surface area (Å²) in [7, 11) is 0. The first-order chi connectivity index (χ1) is 9.17. The lowest BCUT2D eigenvalue weighted by atomic mass is 10.0. The number of nitrogens with zero attached hydrogens (tertiary/aromatic N) is 1. The number of rotatable bonds is 4. The molecule has 106 valence electrons. The van der Waals surface area contributed by atoms with Gasteiger partial charge in [0.05, 0.1) is 19.3 Å². The van der Waals surface area contributed by atoms with E-state index in [2.05, 4.69) is 30.9 Å². The minimum Gasteiger partial charge on any atom is -0.394 e. The van der Waals surface area contributed by atoms with Crippen molar-refractivity contribution in [2.75, 3.05) is 24.7 Å². The fourth-order valence-electron chi connectivity index (χ4n) is 2.55. The summed E-state index contributed by atoms with van der Waals surface area (Å²) in [4.78, 5) is 2.30. The largest absolute Gasteiger partial charge is 0.394 e. The lowest BCUT2D eigenvalue weighted by molar-refractivity contribution is -0.0103. The Morgan fingerprint density at radius 1 is 1.47 bits per heavy atom. The molecule has 0 aliphatic carbocycles. The summed E-state index contributed by atoms with van der Waals surface area (Å²) >= 11 is 0. The number of aliphatic hydroxyl groups excluding tert-OH is 1. The normalized spacial score (nSPS) is 25.4. The van der Waals surface area contributed by atoms with Crippen LogP contribution in [0.3, 0.4) is 0 Å². The van der Waals surface area contributed by atoms with Gasteiger partial charge in [0.2, 0.25) is 0 Å². The zero-order valence-electron chi connectivity index (χ0n) is 11.7. The number of para-hydroxylation sites is 1. The van der Waals surface area contributed by atoms with E-state index in [1.54, 1.807) is 0 Å². The summed E-state index contributed by atoms with van der Waals surface area (Å²) in [6, 6.07) is 8.63. The standard InChI is InChI=1S/C15H24N2O2/c1-3-14(16)13-6-4-5-7-15(13)17-8-12(9-18)19-10-11(17)2/h4-7,11-12,14,18H,3,8-10,16H2,1-2H3/t11?,12?,14-/m1/s1. The lowest BCUT2D eigenvalue weighted by Gasteiger charge is -2.40. The Morgan fingerprint density at radius 2 is 2.21 bits per heavy atom. The highest BCUT2D eigenvalue weighted by Gasteiger charge is 2.27. The number of nitrogens with two attached hydrogens (primary N) is 1. The van der Waals surface area contributed by atoms with Gasteiger partial charge in [0, 0.05) is 24.3 Å². The van der Waals surface area contributed by atoms with Crippen LogP contribution in [0.1, 0.15) is 31.9 Å². The van der Waals surface area contributed by atoms with Gasteiger partial charge in [-0.3, -0.25) is 0 Å². The number of morpholine rings is 1. The summed E-state index contributed by atoms with van der Waals surface area (Å²) < 4.78 is 5.59. The van der Waals surface area contributed by atoms with Crippen molar-refractivity contribution in [3.8, 4) is 0 Å².